The van der Waals surface area contributed by atoms with Crippen molar-refractivity contribution in [2.45, 2.75) is 287 Å². The van der Waals surface area contributed by atoms with Gasteiger partial charge >= 0.3 is 5.97 Å². The molecule has 11 atom stereocenters. The number of carbonyl (C=O) groups is 1. The van der Waals surface area contributed by atoms with Crippen molar-refractivity contribution in [1.82, 2.24) is 0 Å². The molecule has 14 nitrogen and oxygen atoms in total. The third-order valence-corrected chi connectivity index (χ3v) is 14.2. The quantitative estimate of drug-likeness (QED) is 0.0172. The summed E-state index contributed by atoms with van der Waals surface area (Å²) in [5.74, 6) is -0.416. The zero-order valence-electron chi connectivity index (χ0n) is 47.9. The fourth-order valence-electron chi connectivity index (χ4n) is 9.35. The van der Waals surface area contributed by atoms with Gasteiger partial charge in [-0.3, -0.25) is 4.79 Å². The Kier molecular flexibility index (Phi) is 45.1. The average Bonchev–Trinajstić information content (AvgIpc) is 3.43. The fraction of sp³-hybridized carbons (Fsp3) is 0.794. The molecule has 0 spiro atoms. The van der Waals surface area contributed by atoms with Crippen molar-refractivity contribution in [1.29, 1.82) is 0 Å². The lowest BCUT2D eigenvalue weighted by molar-refractivity contribution is -0.332. The second kappa shape index (κ2) is 49.3. The van der Waals surface area contributed by atoms with Gasteiger partial charge in [0, 0.05) is 13.0 Å². The Balaban J connectivity index is 1.72. The second-order valence-electron chi connectivity index (χ2n) is 21.2. The van der Waals surface area contributed by atoms with Crippen LogP contribution in [0.2, 0.25) is 0 Å². The van der Waals surface area contributed by atoms with Gasteiger partial charge < -0.3 is 64.2 Å². The van der Waals surface area contributed by atoms with Crippen molar-refractivity contribution in [3.05, 3.63) is 72.9 Å². The molecule has 11 unspecified atom stereocenters. The van der Waals surface area contributed by atoms with E-state index < -0.39 is 86.7 Å². The van der Waals surface area contributed by atoms with Gasteiger partial charge in [0.05, 0.1) is 26.4 Å². The number of esters is 1. The first-order chi connectivity index (χ1) is 37.6. The topological polar surface area (TPSA) is 214 Å². The van der Waals surface area contributed by atoms with E-state index in [-0.39, 0.29) is 19.6 Å². The van der Waals surface area contributed by atoms with E-state index in [0.29, 0.717) is 13.0 Å². The van der Waals surface area contributed by atoms with Crippen LogP contribution in [-0.2, 0) is 33.2 Å². The monoisotopic (exact) mass is 1090 g/mol. The molecule has 0 aromatic rings. The number of hydrogen-bond acceptors (Lipinski definition) is 14. The molecular weight excluding hydrogens is 981 g/mol. The second-order valence-corrected chi connectivity index (χ2v) is 21.2. The maximum atomic E-state index is 13.1. The van der Waals surface area contributed by atoms with Gasteiger partial charge in [0.25, 0.3) is 0 Å². The zero-order chi connectivity index (χ0) is 55.8. The van der Waals surface area contributed by atoms with Crippen molar-refractivity contribution >= 4 is 5.97 Å². The molecule has 0 amide bonds. The Labute approximate surface area is 466 Å². The van der Waals surface area contributed by atoms with E-state index in [1.54, 1.807) is 0 Å². The van der Waals surface area contributed by atoms with E-state index >= 15 is 0 Å². The lowest BCUT2D eigenvalue weighted by Gasteiger charge is -2.42. The van der Waals surface area contributed by atoms with Gasteiger partial charge in [0.2, 0.25) is 0 Å². The molecular formula is C63H110O14. The summed E-state index contributed by atoms with van der Waals surface area (Å²) in [7, 11) is 0. The van der Waals surface area contributed by atoms with E-state index in [1.807, 2.05) is 0 Å². The normalized spacial score (nSPS) is 24.8. The van der Waals surface area contributed by atoms with E-state index in [4.69, 9.17) is 28.4 Å². The predicted octanol–water partition coefficient (Wildman–Crippen LogP) is 11.4. The summed E-state index contributed by atoms with van der Waals surface area (Å²) in [5.41, 5.74) is 0. The van der Waals surface area contributed by atoms with Crippen LogP contribution in [0.15, 0.2) is 72.9 Å². The number of aliphatic hydroxyl groups is 7. The maximum Gasteiger partial charge on any atom is 0.306 e. The number of unbranched alkanes of at least 4 members (excludes halogenated alkanes) is 23. The minimum Gasteiger partial charge on any atom is -0.457 e. The number of rotatable bonds is 49. The number of aliphatic hydroxyl groups excluding tert-OH is 7. The molecule has 77 heavy (non-hydrogen) atoms. The fourth-order valence-corrected chi connectivity index (χ4v) is 9.35. The Morgan fingerprint density at radius 3 is 1.30 bits per heavy atom. The summed E-state index contributed by atoms with van der Waals surface area (Å²) in [6, 6.07) is 0. The molecule has 0 aliphatic carbocycles. The standard InChI is InChI=1S/C63H110O14/c1-3-5-7-9-11-13-15-17-19-21-23-25-27-29-31-33-35-37-39-41-43-45-47-72-49-52(50-73-62-61(71)59(69)57(67)54(77-62)51-74-63-60(70)58(68)56(66)53(48-64)76-63)75-55(65)46-44-42-40-38-36-34-32-30-28-26-24-22-20-18-16-14-12-10-8-6-4-2/h6,8,12,14,18,20,24,26,30,32,36,38,52-54,56-64,66-71H,3-5,7,9-11,13,15-17,19,21-23,25,27-29,31,33-35,37,39-51H2,1-2H3/b8-6-,14-12-,20-18-,26-24-,32-30-,38-36-. The van der Waals surface area contributed by atoms with Crippen LogP contribution in [0.4, 0.5) is 0 Å². The molecule has 446 valence electrons. The molecule has 0 saturated carbocycles. The van der Waals surface area contributed by atoms with Gasteiger partial charge in [0.15, 0.2) is 12.6 Å². The molecule has 7 N–H and O–H groups in total. The van der Waals surface area contributed by atoms with Crippen molar-refractivity contribution in [3.63, 3.8) is 0 Å². The third kappa shape index (κ3) is 35.7. The number of allylic oxidation sites excluding steroid dienone is 12. The summed E-state index contributed by atoms with van der Waals surface area (Å²) in [6.07, 6.45) is 46.8. The molecule has 2 rings (SSSR count). The molecule has 14 heteroatoms. The highest BCUT2D eigenvalue weighted by Crippen LogP contribution is 2.27. The van der Waals surface area contributed by atoms with Crippen molar-refractivity contribution in [2.75, 3.05) is 33.0 Å². The van der Waals surface area contributed by atoms with Gasteiger partial charge in [-0.15, -0.1) is 0 Å². The molecule has 0 radical (unpaired) electrons. The minimum absolute atomic E-state index is 0.0428. The molecule has 2 aliphatic heterocycles. The molecule has 2 heterocycles. The van der Waals surface area contributed by atoms with Crippen LogP contribution >= 0.6 is 0 Å². The molecule has 2 aliphatic rings. The maximum absolute atomic E-state index is 13.1. The van der Waals surface area contributed by atoms with E-state index in [2.05, 4.69) is 86.8 Å². The van der Waals surface area contributed by atoms with Crippen molar-refractivity contribution in [2.24, 2.45) is 0 Å². The molecule has 0 aromatic heterocycles. The lowest BCUT2D eigenvalue weighted by atomic mass is 9.98. The summed E-state index contributed by atoms with van der Waals surface area (Å²) in [5, 5.41) is 72.4. The highest BCUT2D eigenvalue weighted by Gasteiger charge is 2.47. The summed E-state index contributed by atoms with van der Waals surface area (Å²) in [4.78, 5) is 13.1. The smallest absolute Gasteiger partial charge is 0.306 e. The highest BCUT2D eigenvalue weighted by molar-refractivity contribution is 5.69. The summed E-state index contributed by atoms with van der Waals surface area (Å²) in [6.45, 7) is 3.54. The van der Waals surface area contributed by atoms with E-state index in [1.165, 1.54) is 122 Å². The van der Waals surface area contributed by atoms with Crippen LogP contribution in [0.3, 0.4) is 0 Å². The largest absolute Gasteiger partial charge is 0.457 e. The molecule has 2 fully saturated rings. The van der Waals surface area contributed by atoms with Crippen LogP contribution in [0, 0.1) is 0 Å². The van der Waals surface area contributed by atoms with Crippen LogP contribution < -0.4 is 0 Å². The first kappa shape index (κ1) is 70.5. The minimum atomic E-state index is -1.72. The number of ether oxygens (including phenoxy) is 6. The Bertz CT molecular complexity index is 1550. The Hall–Kier alpha value is -2.57. The van der Waals surface area contributed by atoms with Gasteiger partial charge in [-0.05, 0) is 64.2 Å². The van der Waals surface area contributed by atoms with Gasteiger partial charge in [-0.25, -0.2) is 0 Å². The molecule has 2 saturated heterocycles. The van der Waals surface area contributed by atoms with Gasteiger partial charge in [-0.1, -0.05) is 222 Å². The predicted molar refractivity (Wildman–Crippen MR) is 307 cm³/mol. The molecule has 0 aromatic carbocycles. The van der Waals surface area contributed by atoms with Crippen LogP contribution in [0.1, 0.15) is 219 Å². The number of carbonyl (C=O) groups excluding carboxylic acids is 1. The summed E-state index contributed by atoms with van der Waals surface area (Å²) < 4.78 is 34.4. The lowest BCUT2D eigenvalue weighted by Crippen LogP contribution is -2.61. The molecule has 0 bridgehead atoms. The van der Waals surface area contributed by atoms with Gasteiger partial charge in [0.1, 0.15) is 54.9 Å². The Morgan fingerprint density at radius 1 is 0.442 bits per heavy atom. The highest BCUT2D eigenvalue weighted by atomic mass is 16.7. The summed E-state index contributed by atoms with van der Waals surface area (Å²) >= 11 is 0. The van der Waals surface area contributed by atoms with Crippen LogP contribution in [-0.4, -0.2) is 142 Å². The van der Waals surface area contributed by atoms with Crippen molar-refractivity contribution < 1.29 is 69.0 Å². The Morgan fingerprint density at radius 2 is 0.844 bits per heavy atom. The first-order valence-electron chi connectivity index (χ1n) is 30.5. The van der Waals surface area contributed by atoms with E-state index in [0.717, 1.165) is 70.6 Å². The number of hydrogen-bond donors (Lipinski definition) is 7. The van der Waals surface area contributed by atoms with Gasteiger partial charge in [-0.2, -0.15) is 0 Å². The van der Waals surface area contributed by atoms with Crippen LogP contribution in [0.5, 0.6) is 0 Å². The zero-order valence-corrected chi connectivity index (χ0v) is 47.9. The SMILES string of the molecule is CC/C=C\C/C=C\C/C=C\C/C=C\C/C=C\C/C=C\CCCCC(=O)OC(COCCCCCCCCCCCCCCCCCCCCCCCC)COC1OC(COC2OC(CO)C(O)C(O)C2O)C(O)C(O)C1O. The van der Waals surface area contributed by atoms with Crippen LogP contribution in [0.25, 0.3) is 0 Å². The third-order valence-electron chi connectivity index (χ3n) is 14.2. The first-order valence-corrected chi connectivity index (χ1v) is 30.5. The average molecular weight is 1090 g/mol. The van der Waals surface area contributed by atoms with Crippen molar-refractivity contribution in [3.8, 4) is 0 Å². The van der Waals surface area contributed by atoms with E-state index in [9.17, 15) is 40.5 Å².